The van der Waals surface area contributed by atoms with E-state index in [1.54, 1.807) is 0 Å². The van der Waals surface area contributed by atoms with Crippen molar-refractivity contribution in [2.75, 3.05) is 32.7 Å². The van der Waals surface area contributed by atoms with E-state index in [2.05, 4.69) is 31.7 Å². The van der Waals surface area contributed by atoms with E-state index in [0.29, 0.717) is 18.8 Å². The minimum Gasteiger partial charge on any atom is -0.446 e. The highest BCUT2D eigenvalue weighted by Crippen LogP contribution is 2.60. The minimum absolute atomic E-state index is 0.00317. The van der Waals surface area contributed by atoms with Crippen LogP contribution in [-0.2, 0) is 14.2 Å². The maximum absolute atomic E-state index is 13.3. The molecule has 0 bridgehead atoms. The molecule has 186 valence electrons. The van der Waals surface area contributed by atoms with E-state index in [9.17, 15) is 9.18 Å². The smallest absolute Gasteiger partial charge is 0.410 e. The third-order valence-electron chi connectivity index (χ3n) is 8.64. The molecule has 0 aromatic rings. The normalized spacial score (nSPS) is 39.3. The molecule has 1 spiro atoms. The first-order valence-electron chi connectivity index (χ1n) is 13.1. The molecule has 4 aliphatic heterocycles. The van der Waals surface area contributed by atoms with Gasteiger partial charge in [-0.05, 0) is 84.6 Å². The van der Waals surface area contributed by atoms with Crippen LogP contribution in [0.2, 0.25) is 0 Å². The lowest BCUT2D eigenvalue weighted by atomic mass is 9.80. The molecule has 1 aliphatic carbocycles. The molecule has 1 saturated carbocycles. The predicted octanol–water partition coefficient (Wildman–Crippen LogP) is 4.47. The summed E-state index contributed by atoms with van der Waals surface area (Å²) in [6.45, 7) is 10.8. The summed E-state index contributed by atoms with van der Waals surface area (Å²) in [6.07, 6.45) is 8.95. The number of carbonyl (C=O) groups excluding carboxylic acids is 1. The number of epoxide rings is 2. The molecule has 0 aromatic carbocycles. The van der Waals surface area contributed by atoms with Gasteiger partial charge < -0.3 is 24.0 Å². The van der Waals surface area contributed by atoms with Gasteiger partial charge in [-0.15, -0.1) is 0 Å². The Balaban J connectivity index is 0.974. The first-order chi connectivity index (χ1) is 15.8. The Labute approximate surface area is 197 Å². The van der Waals surface area contributed by atoms with E-state index >= 15 is 0 Å². The second-order valence-electron chi connectivity index (χ2n) is 11.5. The van der Waals surface area contributed by atoms with Crippen molar-refractivity contribution in [1.82, 2.24) is 9.80 Å². The number of ether oxygens (including phenoxy) is 3. The third kappa shape index (κ3) is 5.10. The molecule has 5 rings (SSSR count). The van der Waals surface area contributed by atoms with Gasteiger partial charge in [0.1, 0.15) is 24.0 Å². The van der Waals surface area contributed by atoms with Crippen LogP contribution in [0.3, 0.4) is 0 Å². The van der Waals surface area contributed by atoms with Crippen molar-refractivity contribution < 1.29 is 23.4 Å². The lowest BCUT2D eigenvalue weighted by Gasteiger charge is -2.40. The molecule has 0 aromatic heterocycles. The first kappa shape index (κ1) is 23.6. The van der Waals surface area contributed by atoms with Crippen LogP contribution in [0.4, 0.5) is 9.18 Å². The van der Waals surface area contributed by atoms with Gasteiger partial charge in [0.15, 0.2) is 0 Å². The van der Waals surface area contributed by atoms with Gasteiger partial charge in [0, 0.05) is 26.2 Å². The van der Waals surface area contributed by atoms with Crippen LogP contribution in [0.25, 0.3) is 0 Å². The van der Waals surface area contributed by atoms with E-state index in [0.717, 1.165) is 71.2 Å². The zero-order valence-corrected chi connectivity index (χ0v) is 20.6. The lowest BCUT2D eigenvalue weighted by Crippen LogP contribution is -2.52. The molecular weight excluding hydrogens is 423 g/mol. The summed E-state index contributed by atoms with van der Waals surface area (Å²) >= 11 is 0. The van der Waals surface area contributed by atoms with Crippen molar-refractivity contribution in [2.24, 2.45) is 5.92 Å². The highest BCUT2D eigenvalue weighted by molar-refractivity contribution is 5.68. The van der Waals surface area contributed by atoms with E-state index < -0.39 is 6.17 Å². The molecule has 4 saturated heterocycles. The van der Waals surface area contributed by atoms with Gasteiger partial charge in [-0.2, -0.15) is 0 Å². The number of likely N-dealkylation sites (tertiary alicyclic amines) is 2. The Bertz CT molecular complexity index is 749. The average molecular weight is 465 g/mol. The van der Waals surface area contributed by atoms with Gasteiger partial charge in [-0.1, -0.05) is 11.6 Å². The summed E-state index contributed by atoms with van der Waals surface area (Å²) < 4.78 is 31.3. The standard InChI is InChI=1S/C26H41FN2O4/c1-18(2)4-5-22-25(3,32-22)23-26(33-23)11-6-21(7-12-26)31-24(30)29-16-19(17-29)8-13-28-14-9-20(27)10-15-28/h4,19-23H,5-17H2,1-3H3/t21?,22-,23?,25-,26?/m1/s1. The number of allylic oxidation sites excluding steroid dienone is 1. The molecule has 1 unspecified atom stereocenters. The van der Waals surface area contributed by atoms with Gasteiger partial charge in [0.25, 0.3) is 0 Å². The van der Waals surface area contributed by atoms with Crippen molar-refractivity contribution >= 4 is 6.09 Å². The number of rotatable bonds is 7. The van der Waals surface area contributed by atoms with Crippen LogP contribution >= 0.6 is 0 Å². The summed E-state index contributed by atoms with van der Waals surface area (Å²) in [5.41, 5.74) is 1.12. The van der Waals surface area contributed by atoms with E-state index in [-0.39, 0.29) is 35.6 Å². The van der Waals surface area contributed by atoms with Gasteiger partial charge in [-0.25, -0.2) is 9.18 Å². The fourth-order valence-corrected chi connectivity index (χ4v) is 6.15. The number of hydrogen-bond donors (Lipinski definition) is 0. The molecule has 5 aliphatic rings. The van der Waals surface area contributed by atoms with Crippen molar-refractivity contribution in [3.8, 4) is 0 Å². The lowest BCUT2D eigenvalue weighted by molar-refractivity contribution is 0.00432. The Morgan fingerprint density at radius 3 is 2.48 bits per heavy atom. The highest BCUT2D eigenvalue weighted by Gasteiger charge is 2.73. The maximum Gasteiger partial charge on any atom is 0.410 e. The average Bonchev–Trinajstić information content (AvgIpc) is 3.64. The predicted molar refractivity (Wildman–Crippen MR) is 124 cm³/mol. The number of alkyl halides is 1. The molecule has 5 fully saturated rings. The van der Waals surface area contributed by atoms with Crippen LogP contribution in [0, 0.1) is 5.92 Å². The van der Waals surface area contributed by atoms with E-state index in [4.69, 9.17) is 14.2 Å². The fourth-order valence-electron chi connectivity index (χ4n) is 6.15. The molecule has 3 atom stereocenters. The second-order valence-corrected chi connectivity index (χ2v) is 11.5. The molecule has 4 heterocycles. The van der Waals surface area contributed by atoms with Gasteiger partial charge in [0.2, 0.25) is 0 Å². The molecule has 7 heteroatoms. The summed E-state index contributed by atoms with van der Waals surface area (Å²) in [5.74, 6) is 0.550. The van der Waals surface area contributed by atoms with Gasteiger partial charge in [-0.3, -0.25) is 0 Å². The van der Waals surface area contributed by atoms with Crippen LogP contribution in [0.1, 0.15) is 72.1 Å². The quantitative estimate of drug-likeness (QED) is 0.411. The topological polar surface area (TPSA) is 57.8 Å². The van der Waals surface area contributed by atoms with Crippen LogP contribution in [0.5, 0.6) is 0 Å². The third-order valence-corrected chi connectivity index (χ3v) is 8.64. The zero-order valence-electron chi connectivity index (χ0n) is 20.6. The number of halogens is 1. The molecule has 1 amide bonds. The first-order valence-corrected chi connectivity index (χ1v) is 13.1. The SMILES string of the molecule is CC(C)=CC[C@H]1O[C@@]1(C)C1OC12CCC(OC(=O)N1CC(CCN3CCC(F)CC3)C1)CC2. The van der Waals surface area contributed by atoms with Crippen LogP contribution in [-0.4, -0.2) is 84.3 Å². The Kier molecular flexibility index (Phi) is 6.51. The summed E-state index contributed by atoms with van der Waals surface area (Å²) in [4.78, 5) is 16.8. The summed E-state index contributed by atoms with van der Waals surface area (Å²) in [7, 11) is 0. The van der Waals surface area contributed by atoms with Crippen molar-refractivity contribution in [3.63, 3.8) is 0 Å². The number of carbonyl (C=O) groups is 1. The number of hydrogen-bond acceptors (Lipinski definition) is 5. The summed E-state index contributed by atoms with van der Waals surface area (Å²) in [6, 6.07) is 0. The number of amides is 1. The Morgan fingerprint density at radius 2 is 1.82 bits per heavy atom. The molecular formula is C26H41FN2O4. The van der Waals surface area contributed by atoms with Crippen LogP contribution in [0.15, 0.2) is 11.6 Å². The molecule has 0 radical (unpaired) electrons. The maximum atomic E-state index is 13.3. The number of nitrogens with zero attached hydrogens (tertiary/aromatic N) is 2. The zero-order chi connectivity index (χ0) is 23.2. The number of piperidine rings is 1. The van der Waals surface area contributed by atoms with Crippen molar-refractivity contribution in [1.29, 1.82) is 0 Å². The van der Waals surface area contributed by atoms with E-state index in [1.165, 1.54) is 5.57 Å². The molecule has 6 nitrogen and oxygen atoms in total. The summed E-state index contributed by atoms with van der Waals surface area (Å²) in [5, 5.41) is 0. The Hall–Kier alpha value is -1.18. The largest absolute Gasteiger partial charge is 0.446 e. The monoisotopic (exact) mass is 464 g/mol. The Morgan fingerprint density at radius 1 is 1.12 bits per heavy atom. The van der Waals surface area contributed by atoms with Gasteiger partial charge in [0.05, 0.1) is 11.7 Å². The fraction of sp³-hybridized carbons (Fsp3) is 0.885. The van der Waals surface area contributed by atoms with Crippen LogP contribution < -0.4 is 0 Å². The molecule has 0 N–H and O–H groups in total. The second kappa shape index (κ2) is 9.12. The van der Waals surface area contributed by atoms with Gasteiger partial charge >= 0.3 is 6.09 Å². The van der Waals surface area contributed by atoms with Crippen molar-refractivity contribution in [3.05, 3.63) is 11.6 Å². The highest BCUT2D eigenvalue weighted by atomic mass is 19.1. The molecule has 33 heavy (non-hydrogen) atoms. The van der Waals surface area contributed by atoms with E-state index in [1.807, 2.05) is 4.90 Å². The minimum atomic E-state index is -0.614. The van der Waals surface area contributed by atoms with Crippen molar-refractivity contribution in [2.45, 2.75) is 108 Å².